The third kappa shape index (κ3) is 5.79. The molecule has 2 heterocycles. The van der Waals surface area contributed by atoms with E-state index >= 15 is 0 Å². The van der Waals surface area contributed by atoms with E-state index in [1.807, 2.05) is 24.3 Å². The van der Waals surface area contributed by atoms with Gasteiger partial charge in [-0.2, -0.15) is 0 Å². The predicted molar refractivity (Wildman–Crippen MR) is 138 cm³/mol. The average molecular weight is 624 g/mol. The Morgan fingerprint density at radius 3 is 2.49 bits per heavy atom. The van der Waals surface area contributed by atoms with E-state index in [4.69, 9.17) is 4.74 Å². The minimum absolute atomic E-state index is 0.216. The molecule has 0 aromatic heterocycles. The number of carbonyl (C=O) groups excluding carboxylic acids is 4. The summed E-state index contributed by atoms with van der Waals surface area (Å²) in [5, 5.41) is -0.483. The van der Waals surface area contributed by atoms with Crippen LogP contribution >= 0.6 is 43.6 Å². The second kappa shape index (κ2) is 11.0. The van der Waals surface area contributed by atoms with E-state index in [9.17, 15) is 19.2 Å². The average Bonchev–Trinajstić information content (AvgIpc) is 3.10. The van der Waals surface area contributed by atoms with E-state index in [1.54, 1.807) is 23.1 Å². The van der Waals surface area contributed by atoms with Crippen LogP contribution in [0.1, 0.15) is 16.7 Å². The highest BCUT2D eigenvalue weighted by atomic mass is 79.9. The lowest BCUT2D eigenvalue weighted by atomic mass is 10.00. The molecule has 182 valence electrons. The van der Waals surface area contributed by atoms with Crippen LogP contribution in [0, 0.1) is 0 Å². The number of thioether (sulfide) groups is 1. The number of hydrogen-bond donors (Lipinski definition) is 0. The number of fused-ring (bicyclic) bond motifs is 1. The Hall–Kier alpha value is -2.63. The molecule has 0 N–H and O–H groups in total. The number of benzene rings is 2. The van der Waals surface area contributed by atoms with Gasteiger partial charge in [0.25, 0.3) is 11.1 Å². The molecule has 2 aromatic rings. The number of nitrogens with zero attached hydrogens (tertiary/aromatic N) is 2. The zero-order chi connectivity index (χ0) is 25.1. The molecule has 0 spiro atoms. The summed E-state index contributed by atoms with van der Waals surface area (Å²) in [5.74, 6) is -0.899. The van der Waals surface area contributed by atoms with E-state index in [0.717, 1.165) is 28.6 Å². The van der Waals surface area contributed by atoms with Crippen LogP contribution in [0.25, 0.3) is 6.08 Å². The van der Waals surface area contributed by atoms with Crippen molar-refractivity contribution in [2.45, 2.75) is 13.0 Å². The first-order valence-electron chi connectivity index (χ1n) is 10.6. The fourth-order valence-electron chi connectivity index (χ4n) is 3.72. The van der Waals surface area contributed by atoms with E-state index in [-0.39, 0.29) is 24.0 Å². The van der Waals surface area contributed by atoms with E-state index in [0.29, 0.717) is 33.3 Å². The van der Waals surface area contributed by atoms with Crippen LogP contribution in [-0.4, -0.2) is 59.6 Å². The van der Waals surface area contributed by atoms with Gasteiger partial charge in [0.1, 0.15) is 12.3 Å². The Morgan fingerprint density at radius 1 is 1.11 bits per heavy atom. The molecule has 0 bridgehead atoms. The first-order chi connectivity index (χ1) is 16.8. The SMILES string of the molecule is COC(=O)COc1c(Br)cc(/C=C2\SC(=O)N(CC(=O)N3CCc4ccccc4C3)C2=O)cc1Br. The van der Waals surface area contributed by atoms with Crippen molar-refractivity contribution in [1.82, 2.24) is 9.80 Å². The Labute approximate surface area is 222 Å². The lowest BCUT2D eigenvalue weighted by Gasteiger charge is -2.29. The van der Waals surface area contributed by atoms with Gasteiger partial charge < -0.3 is 14.4 Å². The molecule has 11 heteroatoms. The first-order valence-corrected chi connectivity index (χ1v) is 13.0. The number of halogens is 2. The van der Waals surface area contributed by atoms with Crippen LogP contribution in [-0.2, 0) is 32.1 Å². The highest BCUT2D eigenvalue weighted by molar-refractivity contribution is 9.11. The molecular formula is C24H20Br2N2O6S. The van der Waals surface area contributed by atoms with Crippen LogP contribution in [0.5, 0.6) is 5.75 Å². The number of carbonyl (C=O) groups is 4. The molecule has 8 nitrogen and oxygen atoms in total. The molecule has 0 atom stereocenters. The largest absolute Gasteiger partial charge is 0.480 e. The van der Waals surface area contributed by atoms with Gasteiger partial charge in [-0.05, 0) is 84.9 Å². The topological polar surface area (TPSA) is 93.2 Å². The minimum atomic E-state index is -0.523. The molecular weight excluding hydrogens is 604 g/mol. The number of ether oxygens (including phenoxy) is 2. The van der Waals surface area contributed by atoms with Crippen molar-refractivity contribution in [3.63, 3.8) is 0 Å². The number of methoxy groups -OCH3 is 1. The van der Waals surface area contributed by atoms with Gasteiger partial charge in [0.2, 0.25) is 5.91 Å². The molecule has 35 heavy (non-hydrogen) atoms. The van der Waals surface area contributed by atoms with Crippen LogP contribution in [0.2, 0.25) is 0 Å². The highest BCUT2D eigenvalue weighted by Crippen LogP contribution is 2.38. The first kappa shape index (κ1) is 25.5. The molecule has 2 aliphatic rings. The third-order valence-electron chi connectivity index (χ3n) is 5.53. The fourth-order valence-corrected chi connectivity index (χ4v) is 6.01. The van der Waals surface area contributed by atoms with Gasteiger partial charge in [-0.25, -0.2) is 4.79 Å². The van der Waals surface area contributed by atoms with Crippen LogP contribution in [0.4, 0.5) is 4.79 Å². The van der Waals surface area contributed by atoms with Gasteiger partial charge in [-0.1, -0.05) is 24.3 Å². The maximum atomic E-state index is 12.9. The smallest absolute Gasteiger partial charge is 0.343 e. The Kier molecular flexibility index (Phi) is 7.98. The number of amides is 3. The quantitative estimate of drug-likeness (QED) is 0.348. The summed E-state index contributed by atoms with van der Waals surface area (Å²) in [4.78, 5) is 52.6. The maximum absolute atomic E-state index is 12.9. The van der Waals surface area contributed by atoms with Crippen LogP contribution in [0.3, 0.4) is 0 Å². The molecule has 1 saturated heterocycles. The van der Waals surface area contributed by atoms with Gasteiger partial charge in [0, 0.05) is 13.1 Å². The van der Waals surface area contributed by atoms with Crippen molar-refractivity contribution in [2.24, 2.45) is 0 Å². The number of hydrogen-bond acceptors (Lipinski definition) is 7. The Bertz CT molecular complexity index is 1230. The van der Waals surface area contributed by atoms with Gasteiger partial charge >= 0.3 is 5.97 Å². The normalized spacial score (nSPS) is 16.5. The molecule has 0 radical (unpaired) electrons. The molecule has 3 amide bonds. The zero-order valence-electron chi connectivity index (χ0n) is 18.6. The van der Waals surface area contributed by atoms with Gasteiger partial charge in [-0.3, -0.25) is 19.3 Å². The van der Waals surface area contributed by atoms with E-state index in [2.05, 4.69) is 36.6 Å². The molecule has 0 unspecified atom stereocenters. The number of esters is 1. The second-order valence-electron chi connectivity index (χ2n) is 7.78. The monoisotopic (exact) mass is 622 g/mol. The summed E-state index contributed by atoms with van der Waals surface area (Å²) in [7, 11) is 1.27. The van der Waals surface area contributed by atoms with Crippen LogP contribution in [0.15, 0.2) is 50.2 Å². The summed E-state index contributed by atoms with van der Waals surface area (Å²) in [6.07, 6.45) is 2.32. The second-order valence-corrected chi connectivity index (χ2v) is 10.5. The fraction of sp³-hybridized carbons (Fsp3) is 0.250. The summed E-state index contributed by atoms with van der Waals surface area (Å²) in [6, 6.07) is 11.3. The zero-order valence-corrected chi connectivity index (χ0v) is 22.6. The van der Waals surface area contributed by atoms with Crippen LogP contribution < -0.4 is 4.74 Å². The van der Waals surface area contributed by atoms with Crippen molar-refractivity contribution < 1.29 is 28.7 Å². The highest BCUT2D eigenvalue weighted by Gasteiger charge is 2.37. The molecule has 2 aliphatic heterocycles. The van der Waals surface area contributed by atoms with Gasteiger partial charge in [0.05, 0.1) is 21.0 Å². The summed E-state index contributed by atoms with van der Waals surface area (Å²) in [5.41, 5.74) is 2.92. The summed E-state index contributed by atoms with van der Waals surface area (Å²) >= 11 is 7.57. The summed E-state index contributed by atoms with van der Waals surface area (Å²) < 4.78 is 11.1. The van der Waals surface area contributed by atoms with Crippen molar-refractivity contribution in [3.8, 4) is 5.75 Å². The maximum Gasteiger partial charge on any atom is 0.343 e. The predicted octanol–water partition coefficient (Wildman–Crippen LogP) is 4.38. The lowest BCUT2D eigenvalue weighted by molar-refractivity contribution is -0.143. The van der Waals surface area contributed by atoms with Crippen molar-refractivity contribution in [2.75, 3.05) is 26.8 Å². The molecule has 2 aromatic carbocycles. The van der Waals surface area contributed by atoms with E-state index in [1.165, 1.54) is 12.7 Å². The summed E-state index contributed by atoms with van der Waals surface area (Å²) in [6.45, 7) is 0.461. The number of imide groups is 1. The molecule has 0 aliphatic carbocycles. The Balaban J connectivity index is 1.44. The molecule has 0 saturated carbocycles. The minimum Gasteiger partial charge on any atom is -0.480 e. The lowest BCUT2D eigenvalue weighted by Crippen LogP contribution is -2.44. The van der Waals surface area contributed by atoms with Gasteiger partial charge in [0.15, 0.2) is 6.61 Å². The number of rotatable bonds is 6. The van der Waals surface area contributed by atoms with Crippen molar-refractivity contribution in [1.29, 1.82) is 0 Å². The Morgan fingerprint density at radius 2 is 1.80 bits per heavy atom. The molecule has 1 fully saturated rings. The molecule has 4 rings (SSSR count). The van der Waals surface area contributed by atoms with Crippen molar-refractivity contribution >= 4 is 72.7 Å². The van der Waals surface area contributed by atoms with E-state index < -0.39 is 17.1 Å². The van der Waals surface area contributed by atoms with Gasteiger partial charge in [-0.15, -0.1) is 0 Å². The third-order valence-corrected chi connectivity index (χ3v) is 7.62. The standard InChI is InChI=1S/C24H20Br2N2O6S/c1-33-21(30)13-34-22-17(25)8-14(9-18(22)26)10-19-23(31)28(24(32)35-19)12-20(29)27-7-6-15-4-2-3-5-16(15)11-27/h2-5,8-10H,6-7,11-13H2,1H3/b19-10-. The van der Waals surface area contributed by atoms with Crippen molar-refractivity contribution in [3.05, 3.63) is 66.9 Å².